The van der Waals surface area contributed by atoms with E-state index in [4.69, 9.17) is 19.6 Å². The molecule has 0 aliphatic rings. The van der Waals surface area contributed by atoms with E-state index in [1.54, 1.807) is 60.7 Å². The Hall–Kier alpha value is -2.70. The molecule has 0 bridgehead atoms. The van der Waals surface area contributed by atoms with E-state index in [0.717, 1.165) is 25.7 Å². The predicted molar refractivity (Wildman–Crippen MR) is 139 cm³/mol. The van der Waals surface area contributed by atoms with Gasteiger partial charge in [-0.15, -0.1) is 9.78 Å². The third kappa shape index (κ3) is 13.4. The number of carbonyl (C=O) groups excluding carboxylic acids is 2. The molecule has 0 spiro atoms. The Morgan fingerprint density at radius 2 is 0.861 bits per heavy atom. The first-order valence-corrected chi connectivity index (χ1v) is 13.2. The van der Waals surface area contributed by atoms with Crippen LogP contribution < -0.4 is 0 Å². The first-order chi connectivity index (χ1) is 17.7. The molecule has 36 heavy (non-hydrogen) atoms. The van der Waals surface area contributed by atoms with Gasteiger partial charge in [0.05, 0.1) is 11.1 Å². The number of hydrogen-bond acceptors (Lipinski definition) is 6. The molecule has 0 saturated carbocycles. The van der Waals surface area contributed by atoms with Crippen molar-refractivity contribution in [2.24, 2.45) is 0 Å². The van der Waals surface area contributed by atoms with Crippen LogP contribution in [0.25, 0.3) is 0 Å². The Kier molecular flexibility index (Phi) is 16.0. The Morgan fingerprint density at radius 1 is 0.500 bits per heavy atom. The maximum atomic E-state index is 12.2. The number of unbranched alkanes of at least 4 members (excludes halogenated alkanes) is 12. The normalized spacial score (nSPS) is 10.9. The predicted octanol–water partition coefficient (Wildman–Crippen LogP) is 8.35. The summed E-state index contributed by atoms with van der Waals surface area (Å²) >= 11 is 0. The van der Waals surface area contributed by atoms with Gasteiger partial charge in [0.2, 0.25) is 0 Å². The molecule has 0 aliphatic carbocycles. The summed E-state index contributed by atoms with van der Waals surface area (Å²) in [5.41, 5.74) is 0.688. The highest BCUT2D eigenvalue weighted by Crippen LogP contribution is 2.20. The molecule has 0 fully saturated rings. The molecule has 0 saturated heterocycles. The van der Waals surface area contributed by atoms with Crippen LogP contribution in [0.3, 0.4) is 0 Å². The Bertz CT molecular complexity index is 768. The van der Waals surface area contributed by atoms with Crippen LogP contribution in [0, 0.1) is 13.2 Å². The zero-order valence-corrected chi connectivity index (χ0v) is 21.3. The van der Waals surface area contributed by atoms with Crippen molar-refractivity contribution in [3.05, 3.63) is 85.0 Å². The number of carbonyl (C=O) groups is 2. The maximum absolute atomic E-state index is 12.2. The molecule has 0 amide bonds. The van der Waals surface area contributed by atoms with E-state index >= 15 is 0 Å². The monoisotopic (exact) mass is 496 g/mol. The highest BCUT2D eigenvalue weighted by Gasteiger charge is 2.21. The molecular weight excluding hydrogens is 456 g/mol. The topological polar surface area (TPSA) is 71.1 Å². The van der Waals surface area contributed by atoms with Crippen molar-refractivity contribution in [2.45, 2.75) is 89.9 Å². The van der Waals surface area contributed by atoms with E-state index in [-0.39, 0.29) is 6.29 Å². The van der Waals surface area contributed by atoms with Crippen molar-refractivity contribution in [3.8, 4) is 0 Å². The van der Waals surface area contributed by atoms with Crippen molar-refractivity contribution >= 4 is 11.9 Å². The molecule has 6 heteroatoms. The summed E-state index contributed by atoms with van der Waals surface area (Å²) in [6, 6.07) is 17.0. The fourth-order valence-electron chi connectivity index (χ4n) is 3.72. The molecule has 0 N–H and O–H groups in total. The molecule has 2 radical (unpaired) electrons. The lowest BCUT2D eigenvalue weighted by Gasteiger charge is -2.13. The first kappa shape index (κ1) is 29.5. The van der Waals surface area contributed by atoms with E-state index in [0.29, 0.717) is 17.5 Å². The number of benzene rings is 2. The van der Waals surface area contributed by atoms with Gasteiger partial charge in [-0.25, -0.2) is 9.59 Å². The van der Waals surface area contributed by atoms with Gasteiger partial charge in [-0.3, -0.25) is 9.78 Å². The lowest BCUT2D eigenvalue weighted by atomic mass is 10.0. The van der Waals surface area contributed by atoms with Crippen LogP contribution in [0.15, 0.2) is 60.7 Å². The van der Waals surface area contributed by atoms with Gasteiger partial charge in [0.1, 0.15) is 0 Å². The summed E-state index contributed by atoms with van der Waals surface area (Å²) in [5, 5.41) is 0. The van der Waals surface area contributed by atoms with Crippen LogP contribution in [-0.2, 0) is 19.6 Å². The summed E-state index contributed by atoms with van der Waals surface area (Å²) < 4.78 is 0. The lowest BCUT2D eigenvalue weighted by molar-refractivity contribution is -0.363. The molecule has 6 nitrogen and oxygen atoms in total. The van der Waals surface area contributed by atoms with Gasteiger partial charge in [-0.05, 0) is 30.7 Å². The summed E-state index contributed by atoms with van der Waals surface area (Å²) in [4.78, 5) is 44.4. The van der Waals surface area contributed by atoms with Crippen molar-refractivity contribution in [2.75, 3.05) is 0 Å². The van der Waals surface area contributed by atoms with Gasteiger partial charge < -0.3 is 0 Å². The average molecular weight is 497 g/mol. The molecule has 0 aromatic heterocycles. The second kappa shape index (κ2) is 19.5. The minimum atomic E-state index is -0.659. The second-order valence-corrected chi connectivity index (χ2v) is 8.86. The van der Waals surface area contributed by atoms with Gasteiger partial charge in [0, 0.05) is 6.42 Å². The Labute approximate surface area is 216 Å². The fourth-order valence-corrected chi connectivity index (χ4v) is 3.72. The van der Waals surface area contributed by atoms with Crippen LogP contribution in [0.5, 0.6) is 0 Å². The third-order valence-corrected chi connectivity index (χ3v) is 5.82. The van der Waals surface area contributed by atoms with Crippen LogP contribution in [0.2, 0.25) is 0 Å². The highest BCUT2D eigenvalue weighted by atomic mass is 17.3. The van der Waals surface area contributed by atoms with E-state index in [2.05, 4.69) is 6.92 Å². The summed E-state index contributed by atoms with van der Waals surface area (Å²) in [6.45, 7) is 3.88. The SMILES string of the molecule is [CH2]CCCCCCCCCCCCCC[C](OOC(=O)c1ccccc1)OOC(=O)c1ccccc1. The van der Waals surface area contributed by atoms with Crippen molar-refractivity contribution in [1.82, 2.24) is 0 Å². The molecule has 0 aliphatic heterocycles. The Balaban J connectivity index is 1.64. The molecule has 2 aromatic rings. The van der Waals surface area contributed by atoms with Crippen LogP contribution in [0.4, 0.5) is 0 Å². The van der Waals surface area contributed by atoms with Crippen LogP contribution in [0.1, 0.15) is 111 Å². The zero-order valence-electron chi connectivity index (χ0n) is 21.3. The van der Waals surface area contributed by atoms with E-state index in [1.165, 1.54) is 57.8 Å². The largest absolute Gasteiger partial charge is 0.373 e. The molecule has 0 atom stereocenters. The number of hydrogen-bond donors (Lipinski definition) is 0. The maximum Gasteiger partial charge on any atom is 0.373 e. The standard InChI is InChI=1S/C30H40O6/c1-2-3-4-5-6-7-8-9-10-11-12-13-20-25-28(33-35-29(31)26-21-16-14-17-22-26)34-36-30(32)27-23-18-15-19-24-27/h14-19,21-24H,1-13,20,25H2. The van der Waals surface area contributed by atoms with E-state index in [9.17, 15) is 9.59 Å². The van der Waals surface area contributed by atoms with Crippen LogP contribution >= 0.6 is 0 Å². The van der Waals surface area contributed by atoms with Crippen molar-refractivity contribution < 1.29 is 29.1 Å². The molecule has 0 unspecified atom stereocenters. The highest BCUT2D eigenvalue weighted by molar-refractivity contribution is 5.89. The van der Waals surface area contributed by atoms with E-state index in [1.807, 2.05) is 0 Å². The quantitative estimate of drug-likeness (QED) is 0.104. The molecule has 2 aromatic carbocycles. The second-order valence-electron chi connectivity index (χ2n) is 8.86. The molecule has 196 valence electrons. The van der Waals surface area contributed by atoms with Gasteiger partial charge in [-0.1, -0.05) is 120 Å². The summed E-state index contributed by atoms with van der Waals surface area (Å²) in [5.74, 6) is -1.32. The van der Waals surface area contributed by atoms with Gasteiger partial charge in [0.15, 0.2) is 0 Å². The fraction of sp³-hybridized carbons (Fsp3) is 0.467. The molecular formula is C30H40O6. The smallest absolute Gasteiger partial charge is 0.289 e. The van der Waals surface area contributed by atoms with Crippen molar-refractivity contribution in [3.63, 3.8) is 0 Å². The van der Waals surface area contributed by atoms with Gasteiger partial charge >= 0.3 is 18.2 Å². The molecule has 2 rings (SSSR count). The Morgan fingerprint density at radius 3 is 1.25 bits per heavy atom. The summed E-state index contributed by atoms with van der Waals surface area (Å²) in [6.07, 6.45) is 15.7. The molecule has 0 heterocycles. The zero-order chi connectivity index (χ0) is 25.7. The van der Waals surface area contributed by atoms with Gasteiger partial charge in [-0.2, -0.15) is 0 Å². The van der Waals surface area contributed by atoms with E-state index < -0.39 is 11.9 Å². The minimum Gasteiger partial charge on any atom is -0.289 e. The summed E-state index contributed by atoms with van der Waals surface area (Å²) in [7, 11) is 0. The first-order valence-electron chi connectivity index (χ1n) is 13.2. The number of rotatable bonds is 20. The minimum absolute atomic E-state index is 0.0672. The average Bonchev–Trinajstić information content (AvgIpc) is 2.92. The van der Waals surface area contributed by atoms with Crippen molar-refractivity contribution in [1.29, 1.82) is 0 Å². The lowest BCUT2D eigenvalue weighted by Crippen LogP contribution is -2.16. The van der Waals surface area contributed by atoms with Gasteiger partial charge in [0.25, 0.3) is 0 Å². The third-order valence-electron chi connectivity index (χ3n) is 5.82. The van der Waals surface area contributed by atoms with Crippen LogP contribution in [-0.4, -0.2) is 11.9 Å².